The number of amides is 1. The smallest absolute Gasteiger partial charge is 0.408 e. The van der Waals surface area contributed by atoms with Crippen molar-refractivity contribution in [3.05, 3.63) is 40.1 Å². The molecule has 172 valence electrons. The minimum atomic E-state index is -1.10. The minimum absolute atomic E-state index is 0.0436. The fourth-order valence-corrected chi connectivity index (χ4v) is 3.46. The van der Waals surface area contributed by atoms with Gasteiger partial charge in [0.05, 0.1) is 24.2 Å². The Morgan fingerprint density at radius 2 is 1.81 bits per heavy atom. The number of hydrogen-bond acceptors (Lipinski definition) is 3. The van der Waals surface area contributed by atoms with Gasteiger partial charge in [0.25, 0.3) is 5.56 Å². The Balaban J connectivity index is 2.87. The van der Waals surface area contributed by atoms with E-state index in [-0.39, 0.29) is 17.5 Å². The van der Waals surface area contributed by atoms with Crippen LogP contribution in [-0.2, 0) is 13.1 Å². The number of benzene rings is 1. The second kappa shape index (κ2) is 9.28. The topological polar surface area (TPSA) is 71.8 Å². The van der Waals surface area contributed by atoms with Gasteiger partial charge in [0.1, 0.15) is 11.6 Å². The van der Waals surface area contributed by atoms with Crippen molar-refractivity contribution in [2.45, 2.75) is 79.9 Å². The Morgan fingerprint density at radius 1 is 1.16 bits per heavy atom. The van der Waals surface area contributed by atoms with Crippen LogP contribution in [0.3, 0.4) is 0 Å². The van der Waals surface area contributed by atoms with E-state index in [0.717, 1.165) is 12.8 Å². The summed E-state index contributed by atoms with van der Waals surface area (Å²) < 4.78 is 21.9. The standard InChI is InChI=1S/C24H35FN2O4/c1-8-9-12-31-20-18-13-16(25)10-11-17(18)21(28)26(15-23(2,3)4)19(20)14-27(22(29)30)24(5,6)7/h10-11,13H,8-9,12,14-15H2,1-7H3,(H,29,30). The molecule has 1 heterocycles. The summed E-state index contributed by atoms with van der Waals surface area (Å²) in [5.41, 5.74) is -0.775. The average Bonchev–Trinajstić information content (AvgIpc) is 2.62. The van der Waals surface area contributed by atoms with Gasteiger partial charge >= 0.3 is 6.09 Å². The lowest BCUT2D eigenvalue weighted by Crippen LogP contribution is -2.45. The van der Waals surface area contributed by atoms with E-state index in [1.54, 1.807) is 25.3 Å². The Kier molecular flexibility index (Phi) is 7.40. The molecule has 2 aromatic rings. The number of nitrogens with zero attached hydrogens (tertiary/aromatic N) is 2. The summed E-state index contributed by atoms with van der Waals surface area (Å²) in [5, 5.41) is 10.6. The van der Waals surface area contributed by atoms with Crippen LogP contribution < -0.4 is 10.3 Å². The lowest BCUT2D eigenvalue weighted by molar-refractivity contribution is 0.0924. The van der Waals surface area contributed by atoms with Crippen LogP contribution in [0.2, 0.25) is 0 Å². The first-order chi connectivity index (χ1) is 14.3. The molecule has 1 N–H and O–H groups in total. The van der Waals surface area contributed by atoms with Gasteiger partial charge in [-0.05, 0) is 50.8 Å². The second-order valence-electron chi connectivity index (χ2n) is 10.2. The molecule has 1 aromatic heterocycles. The van der Waals surface area contributed by atoms with Crippen molar-refractivity contribution >= 4 is 16.9 Å². The van der Waals surface area contributed by atoms with Crippen molar-refractivity contribution in [2.75, 3.05) is 6.61 Å². The first kappa shape index (κ1) is 24.7. The third-order valence-electron chi connectivity index (χ3n) is 5.02. The number of aromatic nitrogens is 1. The van der Waals surface area contributed by atoms with Crippen LogP contribution in [0.5, 0.6) is 5.75 Å². The van der Waals surface area contributed by atoms with Gasteiger partial charge in [-0.2, -0.15) is 0 Å². The minimum Gasteiger partial charge on any atom is -0.491 e. The summed E-state index contributed by atoms with van der Waals surface area (Å²) in [6, 6.07) is 4.03. The third kappa shape index (κ3) is 5.99. The molecule has 0 saturated heterocycles. The number of hydrogen-bond donors (Lipinski definition) is 1. The monoisotopic (exact) mass is 434 g/mol. The van der Waals surface area contributed by atoms with Crippen molar-refractivity contribution in [1.29, 1.82) is 0 Å². The molecule has 1 aromatic carbocycles. The van der Waals surface area contributed by atoms with Crippen LogP contribution >= 0.6 is 0 Å². The number of carboxylic acid groups (broad SMARTS) is 1. The van der Waals surface area contributed by atoms with E-state index in [1.165, 1.54) is 23.1 Å². The van der Waals surface area contributed by atoms with Crippen molar-refractivity contribution in [3.8, 4) is 5.75 Å². The average molecular weight is 435 g/mol. The molecule has 0 saturated carbocycles. The molecule has 7 heteroatoms. The van der Waals surface area contributed by atoms with Crippen molar-refractivity contribution < 1.29 is 19.0 Å². The summed E-state index contributed by atoms with van der Waals surface area (Å²) in [7, 11) is 0. The fourth-order valence-electron chi connectivity index (χ4n) is 3.46. The van der Waals surface area contributed by atoms with Crippen LogP contribution in [0, 0.1) is 11.2 Å². The lowest BCUT2D eigenvalue weighted by Gasteiger charge is -2.35. The largest absolute Gasteiger partial charge is 0.491 e. The van der Waals surface area contributed by atoms with Crippen LogP contribution in [0.4, 0.5) is 9.18 Å². The van der Waals surface area contributed by atoms with E-state index in [4.69, 9.17) is 4.74 Å². The highest BCUT2D eigenvalue weighted by Gasteiger charge is 2.30. The summed E-state index contributed by atoms with van der Waals surface area (Å²) >= 11 is 0. The van der Waals surface area contributed by atoms with Crippen molar-refractivity contribution in [1.82, 2.24) is 9.47 Å². The summed E-state index contributed by atoms with van der Waals surface area (Å²) in [4.78, 5) is 26.8. The molecule has 6 nitrogen and oxygen atoms in total. The molecule has 0 radical (unpaired) electrons. The van der Waals surface area contributed by atoms with E-state index >= 15 is 0 Å². The third-order valence-corrected chi connectivity index (χ3v) is 5.02. The van der Waals surface area contributed by atoms with Gasteiger partial charge in [-0.1, -0.05) is 34.1 Å². The van der Waals surface area contributed by atoms with Gasteiger partial charge < -0.3 is 14.4 Å². The number of unbranched alkanes of at least 4 members (excludes halogenated alkanes) is 1. The van der Waals surface area contributed by atoms with E-state index in [0.29, 0.717) is 35.4 Å². The quantitative estimate of drug-likeness (QED) is 0.572. The number of ether oxygens (including phenoxy) is 1. The van der Waals surface area contributed by atoms with Gasteiger partial charge in [-0.3, -0.25) is 9.69 Å². The number of carbonyl (C=O) groups is 1. The predicted octanol–water partition coefficient (Wildman–Crippen LogP) is 5.64. The normalized spacial score (nSPS) is 12.3. The van der Waals surface area contributed by atoms with E-state index in [1.807, 2.05) is 27.7 Å². The maximum absolute atomic E-state index is 14.2. The highest BCUT2D eigenvalue weighted by molar-refractivity contribution is 5.88. The highest BCUT2D eigenvalue weighted by Crippen LogP contribution is 2.33. The Labute approximate surface area is 183 Å². The van der Waals surface area contributed by atoms with Crippen LogP contribution in [0.15, 0.2) is 23.0 Å². The lowest BCUT2D eigenvalue weighted by atomic mass is 9.96. The van der Waals surface area contributed by atoms with E-state index in [2.05, 4.69) is 0 Å². The molecule has 1 amide bonds. The molecule has 2 rings (SSSR count). The molecule has 31 heavy (non-hydrogen) atoms. The number of fused-ring (bicyclic) bond motifs is 1. The first-order valence-electron chi connectivity index (χ1n) is 10.7. The Bertz CT molecular complexity index is 1000. The maximum Gasteiger partial charge on any atom is 0.408 e. The van der Waals surface area contributed by atoms with Crippen molar-refractivity contribution in [2.24, 2.45) is 5.41 Å². The molecule has 0 aliphatic heterocycles. The molecule has 0 aliphatic carbocycles. The zero-order valence-electron chi connectivity index (χ0n) is 19.7. The Morgan fingerprint density at radius 3 is 2.32 bits per heavy atom. The first-order valence-corrected chi connectivity index (χ1v) is 10.7. The van der Waals surface area contributed by atoms with Gasteiger partial charge in [-0.15, -0.1) is 0 Å². The molecule has 0 unspecified atom stereocenters. The van der Waals surface area contributed by atoms with Gasteiger partial charge in [0, 0.05) is 17.5 Å². The van der Waals surface area contributed by atoms with Gasteiger partial charge in [-0.25, -0.2) is 9.18 Å². The van der Waals surface area contributed by atoms with Crippen LogP contribution in [-0.4, -0.2) is 32.8 Å². The van der Waals surface area contributed by atoms with E-state index in [9.17, 15) is 19.1 Å². The zero-order chi connectivity index (χ0) is 23.6. The molecule has 0 fully saturated rings. The molecular formula is C24H35FN2O4. The zero-order valence-corrected chi connectivity index (χ0v) is 19.7. The maximum atomic E-state index is 14.2. The van der Waals surface area contributed by atoms with Crippen molar-refractivity contribution in [3.63, 3.8) is 0 Å². The highest BCUT2D eigenvalue weighted by atomic mass is 19.1. The number of rotatable bonds is 7. The fraction of sp³-hybridized carbons (Fsp3) is 0.583. The predicted molar refractivity (Wildman–Crippen MR) is 121 cm³/mol. The second-order valence-corrected chi connectivity index (χ2v) is 10.2. The number of halogens is 1. The SMILES string of the molecule is CCCCOc1c(CN(C(=O)O)C(C)(C)C)n(CC(C)(C)C)c(=O)c2ccc(F)cc12. The summed E-state index contributed by atoms with van der Waals surface area (Å²) in [6.45, 7) is 14.2. The summed E-state index contributed by atoms with van der Waals surface area (Å²) in [6.07, 6.45) is 0.601. The molecular weight excluding hydrogens is 399 g/mol. The van der Waals surface area contributed by atoms with Crippen LogP contribution in [0.1, 0.15) is 67.0 Å². The molecule has 0 spiro atoms. The van der Waals surface area contributed by atoms with Gasteiger partial charge in [0.15, 0.2) is 0 Å². The summed E-state index contributed by atoms with van der Waals surface area (Å²) in [5.74, 6) is -0.0972. The molecule has 0 aliphatic rings. The van der Waals surface area contributed by atoms with Gasteiger partial charge in [0.2, 0.25) is 0 Å². The number of pyridine rings is 1. The molecule has 0 atom stereocenters. The molecule has 0 bridgehead atoms. The van der Waals surface area contributed by atoms with E-state index < -0.39 is 17.4 Å². The van der Waals surface area contributed by atoms with Crippen LogP contribution in [0.25, 0.3) is 10.8 Å². The Hall–Kier alpha value is -2.57.